The minimum atomic E-state index is -2.40. The van der Waals surface area contributed by atoms with Crippen LogP contribution in [0.1, 0.15) is 11.5 Å². The third kappa shape index (κ3) is 2.23. The van der Waals surface area contributed by atoms with E-state index in [9.17, 15) is 4.57 Å². The van der Waals surface area contributed by atoms with E-state index in [2.05, 4.69) is 48.5 Å². The number of rotatable bonds is 2. The summed E-state index contributed by atoms with van der Waals surface area (Å²) >= 11 is 0. The topological polar surface area (TPSA) is 17.1 Å². The maximum atomic E-state index is 13.2. The van der Waals surface area contributed by atoms with Gasteiger partial charge in [-0.15, -0.1) is 0 Å². The first-order chi connectivity index (χ1) is 10.8. The largest absolute Gasteiger partial charge is 0.314 e. The minimum absolute atomic E-state index is 0.233. The molecule has 108 valence electrons. The normalized spacial score (nSPS) is 23.9. The quantitative estimate of drug-likeness (QED) is 0.599. The highest BCUT2D eigenvalue weighted by molar-refractivity contribution is 7.74. The second-order valence-electron chi connectivity index (χ2n) is 5.83. The van der Waals surface area contributed by atoms with Crippen LogP contribution in [0, 0.1) is 0 Å². The maximum absolute atomic E-state index is 13.2. The van der Waals surface area contributed by atoms with Crippen molar-refractivity contribution in [2.24, 2.45) is 0 Å². The molecule has 0 spiro atoms. The maximum Gasteiger partial charge on any atom is 0.137 e. The molecule has 0 aromatic heterocycles. The first kappa shape index (κ1) is 13.5. The highest BCUT2D eigenvalue weighted by Crippen LogP contribution is 2.55. The van der Waals surface area contributed by atoms with Gasteiger partial charge in [0, 0.05) is 17.4 Å². The van der Waals surface area contributed by atoms with Gasteiger partial charge in [-0.1, -0.05) is 78.9 Å². The van der Waals surface area contributed by atoms with Gasteiger partial charge in [0.1, 0.15) is 7.14 Å². The fourth-order valence-electron chi connectivity index (χ4n) is 3.30. The molecule has 3 aromatic rings. The molecule has 0 unspecified atom stereocenters. The molecule has 0 aliphatic carbocycles. The van der Waals surface area contributed by atoms with Gasteiger partial charge in [-0.25, -0.2) is 0 Å². The summed E-state index contributed by atoms with van der Waals surface area (Å²) in [6.45, 7) is 0. The molecule has 0 saturated carbocycles. The Bertz CT molecular complexity index is 890. The van der Waals surface area contributed by atoms with Gasteiger partial charge in [-0.05, 0) is 22.2 Å². The van der Waals surface area contributed by atoms with Crippen LogP contribution in [-0.4, -0.2) is 6.16 Å². The molecule has 0 amide bonds. The van der Waals surface area contributed by atoms with Gasteiger partial charge in [0.2, 0.25) is 0 Å². The lowest BCUT2D eigenvalue weighted by atomic mass is 9.95. The van der Waals surface area contributed by atoms with Crippen LogP contribution in [0.15, 0.2) is 84.7 Å². The lowest BCUT2D eigenvalue weighted by Crippen LogP contribution is -2.06. The molecule has 0 N–H and O–H groups in total. The standard InChI is InChI=1S/C20H17OP/c21-22(18-9-2-1-3-10-18)14-13-17(15-22)20-12-6-8-16-7-4-5-11-19(16)20/h1-14,17H,15H2/t17-,22+/m1/s1. The van der Waals surface area contributed by atoms with Crippen molar-refractivity contribution in [3.63, 3.8) is 0 Å². The number of fused-ring (bicyclic) bond motifs is 1. The van der Waals surface area contributed by atoms with Gasteiger partial charge in [-0.2, -0.15) is 0 Å². The third-order valence-corrected chi connectivity index (χ3v) is 7.21. The fraction of sp³-hybridized carbons (Fsp3) is 0.100. The Morgan fingerprint density at radius 3 is 2.41 bits per heavy atom. The Morgan fingerprint density at radius 2 is 1.55 bits per heavy atom. The predicted molar refractivity (Wildman–Crippen MR) is 94.4 cm³/mol. The molecule has 2 heteroatoms. The van der Waals surface area contributed by atoms with Gasteiger partial charge in [0.15, 0.2) is 0 Å². The van der Waals surface area contributed by atoms with Gasteiger partial charge in [-0.3, -0.25) is 0 Å². The third-order valence-electron chi connectivity index (χ3n) is 4.44. The molecule has 0 radical (unpaired) electrons. The average Bonchev–Trinajstić information content (AvgIpc) is 2.99. The Balaban J connectivity index is 1.74. The molecule has 0 saturated heterocycles. The number of hydrogen-bond donors (Lipinski definition) is 0. The molecule has 0 fully saturated rings. The molecule has 22 heavy (non-hydrogen) atoms. The van der Waals surface area contributed by atoms with Crippen molar-refractivity contribution in [1.29, 1.82) is 0 Å². The van der Waals surface area contributed by atoms with Crippen LogP contribution in [0.5, 0.6) is 0 Å². The molecule has 2 atom stereocenters. The van der Waals surface area contributed by atoms with E-state index in [1.165, 1.54) is 16.3 Å². The van der Waals surface area contributed by atoms with Crippen LogP contribution in [0.3, 0.4) is 0 Å². The van der Waals surface area contributed by atoms with Crippen molar-refractivity contribution in [2.75, 3.05) is 6.16 Å². The zero-order valence-corrected chi connectivity index (χ0v) is 13.1. The van der Waals surface area contributed by atoms with Gasteiger partial charge < -0.3 is 4.57 Å². The second-order valence-corrected chi connectivity index (χ2v) is 8.60. The van der Waals surface area contributed by atoms with Gasteiger partial charge in [0.25, 0.3) is 0 Å². The summed E-state index contributed by atoms with van der Waals surface area (Å²) in [5, 5.41) is 3.48. The van der Waals surface area contributed by atoms with Crippen LogP contribution >= 0.6 is 7.14 Å². The van der Waals surface area contributed by atoms with E-state index < -0.39 is 7.14 Å². The molecule has 0 bridgehead atoms. The van der Waals surface area contributed by atoms with E-state index in [0.29, 0.717) is 6.16 Å². The minimum Gasteiger partial charge on any atom is -0.314 e. The van der Waals surface area contributed by atoms with Gasteiger partial charge in [0.05, 0.1) is 0 Å². The lowest BCUT2D eigenvalue weighted by molar-refractivity contribution is 0.586. The van der Waals surface area contributed by atoms with Crippen molar-refractivity contribution < 1.29 is 4.57 Å². The molecule has 1 heterocycles. The van der Waals surface area contributed by atoms with E-state index in [1.54, 1.807) is 0 Å². The zero-order chi connectivity index (χ0) is 15.0. The fourth-order valence-corrected chi connectivity index (χ4v) is 5.87. The van der Waals surface area contributed by atoms with Crippen molar-refractivity contribution in [3.8, 4) is 0 Å². The summed E-state index contributed by atoms with van der Waals surface area (Å²) in [5.41, 5.74) is 1.28. The molecule has 1 aliphatic rings. The number of benzene rings is 3. The molecule has 3 aromatic carbocycles. The van der Waals surface area contributed by atoms with Crippen molar-refractivity contribution >= 4 is 23.2 Å². The van der Waals surface area contributed by atoms with E-state index in [4.69, 9.17) is 0 Å². The summed E-state index contributed by atoms with van der Waals surface area (Å²) in [5.74, 6) is 2.19. The molecule has 4 rings (SSSR count). The Kier molecular flexibility index (Phi) is 3.24. The molecular formula is C20H17OP. The smallest absolute Gasteiger partial charge is 0.137 e. The van der Waals surface area contributed by atoms with E-state index >= 15 is 0 Å². The SMILES string of the molecule is O=[P@@]1(c2ccccc2)C=C[C@@H](c2cccc3ccccc23)C1. The summed E-state index contributed by atoms with van der Waals surface area (Å²) in [4.78, 5) is 0. The zero-order valence-electron chi connectivity index (χ0n) is 12.2. The van der Waals surface area contributed by atoms with Crippen molar-refractivity contribution in [3.05, 3.63) is 90.3 Å². The monoisotopic (exact) mass is 304 g/mol. The first-order valence-corrected chi connectivity index (χ1v) is 9.54. The van der Waals surface area contributed by atoms with E-state index in [0.717, 1.165) is 5.30 Å². The van der Waals surface area contributed by atoms with Crippen molar-refractivity contribution in [1.82, 2.24) is 0 Å². The summed E-state index contributed by atoms with van der Waals surface area (Å²) in [6, 6.07) is 24.7. The van der Waals surface area contributed by atoms with E-state index in [1.807, 2.05) is 36.1 Å². The Morgan fingerprint density at radius 1 is 0.818 bits per heavy atom. The highest BCUT2D eigenvalue weighted by Gasteiger charge is 2.31. The Hall–Kier alpha value is -2.11. The second kappa shape index (κ2) is 5.26. The first-order valence-electron chi connectivity index (χ1n) is 7.58. The Labute approximate surface area is 130 Å². The van der Waals surface area contributed by atoms with Crippen LogP contribution < -0.4 is 5.30 Å². The summed E-state index contributed by atoms with van der Waals surface area (Å²) < 4.78 is 13.2. The number of hydrogen-bond acceptors (Lipinski definition) is 1. The lowest BCUT2D eigenvalue weighted by Gasteiger charge is -2.15. The molecule has 1 nitrogen and oxygen atoms in total. The molecule has 1 aliphatic heterocycles. The summed E-state index contributed by atoms with van der Waals surface area (Å²) in [7, 11) is -2.40. The van der Waals surface area contributed by atoms with E-state index in [-0.39, 0.29) is 5.92 Å². The number of allylic oxidation sites excluding steroid dienone is 1. The van der Waals surface area contributed by atoms with Gasteiger partial charge >= 0.3 is 0 Å². The average molecular weight is 304 g/mol. The van der Waals surface area contributed by atoms with Crippen LogP contribution in [-0.2, 0) is 4.57 Å². The molecular weight excluding hydrogens is 287 g/mol. The van der Waals surface area contributed by atoms with Crippen LogP contribution in [0.2, 0.25) is 0 Å². The highest BCUT2D eigenvalue weighted by atomic mass is 31.2. The summed E-state index contributed by atoms with van der Waals surface area (Å²) in [6.07, 6.45) is 2.83. The predicted octanol–water partition coefficient (Wildman–Crippen LogP) is 5.14. The van der Waals surface area contributed by atoms with Crippen molar-refractivity contribution in [2.45, 2.75) is 5.92 Å². The van der Waals surface area contributed by atoms with Crippen LogP contribution in [0.4, 0.5) is 0 Å². The van der Waals surface area contributed by atoms with Crippen LogP contribution in [0.25, 0.3) is 10.8 Å².